The van der Waals surface area contributed by atoms with Gasteiger partial charge in [-0.3, -0.25) is 4.98 Å². The summed E-state index contributed by atoms with van der Waals surface area (Å²) in [6.45, 7) is 4.02. The Labute approximate surface area is 190 Å². The number of aliphatic carboxylic acids is 1. The van der Waals surface area contributed by atoms with Crippen LogP contribution < -0.4 is 10.6 Å². The quantitative estimate of drug-likeness (QED) is 0.385. The molecule has 3 rings (SSSR count). The first-order chi connectivity index (χ1) is 15.7. The molecule has 0 saturated heterocycles. The fourth-order valence-electron chi connectivity index (χ4n) is 3.92. The van der Waals surface area contributed by atoms with Crippen molar-refractivity contribution in [2.45, 2.75) is 44.6 Å². The Morgan fingerprint density at radius 3 is 2.97 bits per heavy atom. The van der Waals surface area contributed by atoms with Crippen LogP contribution in [-0.2, 0) is 22.4 Å². The van der Waals surface area contributed by atoms with Crippen molar-refractivity contribution in [2.24, 2.45) is 0 Å². The van der Waals surface area contributed by atoms with Gasteiger partial charge in [-0.1, -0.05) is 6.07 Å². The van der Waals surface area contributed by atoms with Crippen LogP contribution in [0, 0.1) is 0 Å². The van der Waals surface area contributed by atoms with E-state index in [1.54, 1.807) is 25.6 Å². The predicted molar refractivity (Wildman–Crippen MR) is 126 cm³/mol. The van der Waals surface area contributed by atoms with Gasteiger partial charge < -0.3 is 25.4 Å². The molecular weight excluding hydrogens is 406 g/mol. The number of aryl methyl sites for hydroxylation is 2. The van der Waals surface area contributed by atoms with Gasteiger partial charge in [-0.05, 0) is 68.8 Å². The minimum atomic E-state index is -0.854. The Morgan fingerprint density at radius 1 is 1.28 bits per heavy atom. The number of pyridine rings is 2. The van der Waals surface area contributed by atoms with Crippen LogP contribution in [-0.4, -0.2) is 71.9 Å². The highest BCUT2D eigenvalue weighted by molar-refractivity contribution is 5.77. The van der Waals surface area contributed by atoms with E-state index in [1.165, 1.54) is 12.0 Å². The summed E-state index contributed by atoms with van der Waals surface area (Å²) < 4.78 is 5.25. The third kappa shape index (κ3) is 7.76. The Hall–Kier alpha value is -2.71. The highest BCUT2D eigenvalue weighted by Gasteiger charge is 2.19. The lowest BCUT2D eigenvalue weighted by Crippen LogP contribution is -2.36. The minimum Gasteiger partial charge on any atom is -0.480 e. The van der Waals surface area contributed by atoms with Gasteiger partial charge in [0.1, 0.15) is 11.9 Å². The Morgan fingerprint density at radius 2 is 2.19 bits per heavy atom. The average molecular weight is 442 g/mol. The maximum absolute atomic E-state index is 11.7. The van der Waals surface area contributed by atoms with E-state index in [0.29, 0.717) is 19.6 Å². The number of aromatic nitrogens is 2. The van der Waals surface area contributed by atoms with E-state index in [2.05, 4.69) is 32.7 Å². The first-order valence-corrected chi connectivity index (χ1v) is 11.5. The SMILES string of the molecule is COCCN(CCCCc1ccc2c(n1)NCCC2)CCC(Nc1cccnc1)C(=O)O. The summed E-state index contributed by atoms with van der Waals surface area (Å²) in [6, 6.07) is 7.32. The topological polar surface area (TPSA) is 99.6 Å². The Balaban J connectivity index is 1.45. The fourth-order valence-corrected chi connectivity index (χ4v) is 3.92. The van der Waals surface area contributed by atoms with E-state index in [-0.39, 0.29) is 0 Å². The average Bonchev–Trinajstić information content (AvgIpc) is 2.82. The maximum atomic E-state index is 11.7. The summed E-state index contributed by atoms with van der Waals surface area (Å²) in [7, 11) is 1.69. The molecule has 3 N–H and O–H groups in total. The number of anilines is 2. The number of carboxylic acid groups (broad SMARTS) is 1. The number of carbonyl (C=O) groups is 1. The number of rotatable bonds is 14. The standard InChI is InChI=1S/C24H35N5O3/c1-32-17-16-29(15-11-22(24(30)31)27-21-8-5-12-25-18-21)14-3-2-7-20-10-9-19-6-4-13-26-23(19)28-20/h5,8-10,12,18,22,27H,2-4,6-7,11,13-17H2,1H3,(H,26,28)(H,30,31). The molecule has 0 aromatic carbocycles. The number of carboxylic acids is 1. The molecule has 0 spiro atoms. The molecule has 2 aromatic heterocycles. The molecule has 0 radical (unpaired) electrons. The van der Waals surface area contributed by atoms with E-state index in [1.807, 2.05) is 6.07 Å². The third-order valence-corrected chi connectivity index (χ3v) is 5.76. The summed E-state index contributed by atoms with van der Waals surface area (Å²) >= 11 is 0. The second kappa shape index (κ2) is 13.0. The van der Waals surface area contributed by atoms with Crippen LogP contribution in [0.5, 0.6) is 0 Å². The van der Waals surface area contributed by atoms with Crippen LogP contribution in [0.3, 0.4) is 0 Å². The Kier molecular flexibility index (Phi) is 9.71. The number of hydrogen-bond acceptors (Lipinski definition) is 7. The lowest BCUT2D eigenvalue weighted by Gasteiger charge is -2.24. The van der Waals surface area contributed by atoms with Gasteiger partial charge in [-0.15, -0.1) is 0 Å². The first-order valence-electron chi connectivity index (χ1n) is 11.5. The zero-order valence-corrected chi connectivity index (χ0v) is 18.9. The van der Waals surface area contributed by atoms with Gasteiger partial charge >= 0.3 is 5.97 Å². The van der Waals surface area contributed by atoms with Gasteiger partial charge in [-0.25, -0.2) is 9.78 Å². The number of nitrogens with zero attached hydrogens (tertiary/aromatic N) is 3. The van der Waals surface area contributed by atoms with Crippen molar-refractivity contribution in [1.82, 2.24) is 14.9 Å². The first kappa shape index (κ1) is 23.9. The molecule has 1 aliphatic rings. The van der Waals surface area contributed by atoms with Crippen LogP contribution >= 0.6 is 0 Å². The largest absolute Gasteiger partial charge is 0.480 e. The van der Waals surface area contributed by atoms with Crippen LogP contribution in [0.4, 0.5) is 11.5 Å². The molecule has 0 fully saturated rings. The second-order valence-corrected chi connectivity index (χ2v) is 8.20. The van der Waals surface area contributed by atoms with Crippen molar-refractivity contribution in [3.05, 3.63) is 47.9 Å². The maximum Gasteiger partial charge on any atom is 0.326 e. The van der Waals surface area contributed by atoms with E-state index in [0.717, 1.165) is 62.5 Å². The molecule has 0 amide bonds. The van der Waals surface area contributed by atoms with Crippen molar-refractivity contribution in [1.29, 1.82) is 0 Å². The van der Waals surface area contributed by atoms with Crippen molar-refractivity contribution in [3.63, 3.8) is 0 Å². The number of fused-ring (bicyclic) bond motifs is 1. The molecule has 3 heterocycles. The summed E-state index contributed by atoms with van der Waals surface area (Å²) in [5.41, 5.74) is 3.17. The van der Waals surface area contributed by atoms with Gasteiger partial charge in [0, 0.05) is 44.8 Å². The molecule has 1 atom stereocenters. The van der Waals surface area contributed by atoms with Crippen molar-refractivity contribution >= 4 is 17.5 Å². The van der Waals surface area contributed by atoms with Gasteiger partial charge in [0.15, 0.2) is 0 Å². The third-order valence-electron chi connectivity index (χ3n) is 5.76. The summed E-state index contributed by atoms with van der Waals surface area (Å²) in [6.07, 6.45) is 9.13. The van der Waals surface area contributed by atoms with Gasteiger partial charge in [0.05, 0.1) is 12.3 Å². The van der Waals surface area contributed by atoms with E-state index in [4.69, 9.17) is 9.72 Å². The molecule has 1 aliphatic heterocycles. The number of ether oxygens (including phenoxy) is 1. The molecule has 0 bridgehead atoms. The van der Waals surface area contributed by atoms with Crippen LogP contribution in [0.1, 0.15) is 36.9 Å². The van der Waals surface area contributed by atoms with Gasteiger partial charge in [-0.2, -0.15) is 0 Å². The monoisotopic (exact) mass is 441 g/mol. The lowest BCUT2D eigenvalue weighted by atomic mass is 10.1. The molecule has 8 nitrogen and oxygen atoms in total. The normalized spacial score (nSPS) is 13.9. The molecule has 1 unspecified atom stereocenters. The predicted octanol–water partition coefficient (Wildman–Crippen LogP) is 3.06. The summed E-state index contributed by atoms with van der Waals surface area (Å²) in [4.78, 5) is 22.8. The van der Waals surface area contributed by atoms with Gasteiger partial charge in [0.25, 0.3) is 0 Å². The molecular formula is C24H35N5O3. The van der Waals surface area contributed by atoms with E-state index in [9.17, 15) is 9.90 Å². The molecule has 32 heavy (non-hydrogen) atoms. The number of unbranched alkanes of at least 4 members (excludes halogenated alkanes) is 1. The minimum absolute atomic E-state index is 0.506. The molecule has 8 heteroatoms. The molecule has 2 aromatic rings. The fraction of sp³-hybridized carbons (Fsp3) is 0.542. The Bertz CT molecular complexity index is 834. The van der Waals surface area contributed by atoms with Crippen molar-refractivity contribution in [3.8, 4) is 0 Å². The zero-order chi connectivity index (χ0) is 22.6. The van der Waals surface area contributed by atoms with Crippen molar-refractivity contribution < 1.29 is 14.6 Å². The molecule has 174 valence electrons. The smallest absolute Gasteiger partial charge is 0.326 e. The second-order valence-electron chi connectivity index (χ2n) is 8.20. The lowest BCUT2D eigenvalue weighted by molar-refractivity contribution is -0.138. The van der Waals surface area contributed by atoms with Gasteiger partial charge in [0.2, 0.25) is 0 Å². The van der Waals surface area contributed by atoms with Crippen molar-refractivity contribution in [2.75, 3.05) is 50.5 Å². The molecule has 0 aliphatic carbocycles. The molecule has 0 saturated carbocycles. The summed E-state index contributed by atoms with van der Waals surface area (Å²) in [5, 5.41) is 16.1. The van der Waals surface area contributed by atoms with E-state index >= 15 is 0 Å². The highest BCUT2D eigenvalue weighted by Crippen LogP contribution is 2.20. The number of nitrogens with one attached hydrogen (secondary N) is 2. The van der Waals surface area contributed by atoms with Crippen LogP contribution in [0.25, 0.3) is 0 Å². The van der Waals surface area contributed by atoms with E-state index < -0.39 is 12.0 Å². The number of methoxy groups -OCH3 is 1. The number of hydrogen-bond donors (Lipinski definition) is 3. The zero-order valence-electron chi connectivity index (χ0n) is 18.9. The van der Waals surface area contributed by atoms with Crippen LogP contribution in [0.2, 0.25) is 0 Å². The van der Waals surface area contributed by atoms with Crippen LogP contribution in [0.15, 0.2) is 36.7 Å². The highest BCUT2D eigenvalue weighted by atomic mass is 16.5. The summed E-state index contributed by atoms with van der Waals surface area (Å²) in [5.74, 6) is 0.198.